The third-order valence-electron chi connectivity index (χ3n) is 5.56. The predicted molar refractivity (Wildman–Crippen MR) is 114 cm³/mol. The van der Waals surface area contributed by atoms with E-state index >= 15 is 0 Å². The van der Waals surface area contributed by atoms with Crippen LogP contribution in [0.15, 0.2) is 48.5 Å². The first-order valence-electron chi connectivity index (χ1n) is 9.77. The number of hydrogen-bond donors (Lipinski definition) is 1. The summed E-state index contributed by atoms with van der Waals surface area (Å²) in [6.45, 7) is 10.2. The second kappa shape index (κ2) is 8.05. The quantitative estimate of drug-likeness (QED) is 0.826. The number of benzene rings is 2. The van der Waals surface area contributed by atoms with Gasteiger partial charge in [0.1, 0.15) is 5.41 Å². The number of rotatable bonds is 4. The molecule has 1 aliphatic heterocycles. The van der Waals surface area contributed by atoms with Gasteiger partial charge < -0.3 is 15.1 Å². The van der Waals surface area contributed by atoms with Crippen molar-refractivity contribution < 1.29 is 9.59 Å². The van der Waals surface area contributed by atoms with Crippen molar-refractivity contribution in [1.82, 2.24) is 4.90 Å². The van der Waals surface area contributed by atoms with Gasteiger partial charge in [-0.05, 0) is 63.1 Å². The highest BCUT2D eigenvalue weighted by Gasteiger charge is 2.40. The fourth-order valence-electron chi connectivity index (χ4n) is 3.41. The van der Waals surface area contributed by atoms with Crippen LogP contribution in [0.5, 0.6) is 0 Å². The van der Waals surface area contributed by atoms with Gasteiger partial charge in [-0.15, -0.1) is 0 Å². The zero-order chi connectivity index (χ0) is 20.3. The van der Waals surface area contributed by atoms with Gasteiger partial charge in [0, 0.05) is 37.6 Å². The molecule has 1 fully saturated rings. The van der Waals surface area contributed by atoms with Crippen LogP contribution in [0.1, 0.15) is 25.0 Å². The molecule has 0 spiro atoms. The average Bonchev–Trinajstić information content (AvgIpc) is 2.71. The van der Waals surface area contributed by atoms with E-state index in [2.05, 4.69) is 22.3 Å². The number of amides is 2. The number of para-hydroxylation sites is 1. The van der Waals surface area contributed by atoms with Crippen molar-refractivity contribution in [3.05, 3.63) is 59.7 Å². The molecule has 148 valence electrons. The molecule has 1 N–H and O–H groups in total. The Balaban J connectivity index is 1.62. The molecular formula is C23H29N3O2. The summed E-state index contributed by atoms with van der Waals surface area (Å²) in [5.74, 6) is -0.396. The van der Waals surface area contributed by atoms with Crippen molar-refractivity contribution in [2.75, 3.05) is 36.4 Å². The van der Waals surface area contributed by atoms with Crippen LogP contribution in [0.25, 0.3) is 0 Å². The molecule has 2 aromatic carbocycles. The minimum atomic E-state index is -1.12. The Kier molecular flexibility index (Phi) is 5.73. The normalized spacial score (nSPS) is 14.7. The second-order valence-electron chi connectivity index (χ2n) is 7.99. The molecule has 2 amide bonds. The molecule has 0 bridgehead atoms. The van der Waals surface area contributed by atoms with Crippen LogP contribution < -0.4 is 10.2 Å². The first-order chi connectivity index (χ1) is 13.3. The fourth-order valence-corrected chi connectivity index (χ4v) is 3.41. The molecule has 0 aromatic heterocycles. The Bertz CT molecular complexity index is 853. The van der Waals surface area contributed by atoms with Gasteiger partial charge >= 0.3 is 0 Å². The Morgan fingerprint density at radius 1 is 0.893 bits per heavy atom. The van der Waals surface area contributed by atoms with E-state index in [0.29, 0.717) is 13.1 Å². The van der Waals surface area contributed by atoms with Crippen LogP contribution in [0.2, 0.25) is 0 Å². The summed E-state index contributed by atoms with van der Waals surface area (Å²) in [7, 11) is 0. The molecule has 1 heterocycles. The molecule has 0 radical (unpaired) electrons. The van der Waals surface area contributed by atoms with Crippen molar-refractivity contribution in [3.8, 4) is 0 Å². The average molecular weight is 380 g/mol. The number of carbonyl (C=O) groups is 2. The number of aryl methyl sites for hydroxylation is 2. The topological polar surface area (TPSA) is 52.7 Å². The molecule has 2 aromatic rings. The number of carbonyl (C=O) groups excluding carboxylic acids is 2. The van der Waals surface area contributed by atoms with Crippen molar-refractivity contribution in [1.29, 1.82) is 0 Å². The monoisotopic (exact) mass is 379 g/mol. The summed E-state index contributed by atoms with van der Waals surface area (Å²) in [6.07, 6.45) is 0. The Hall–Kier alpha value is -2.82. The zero-order valence-corrected chi connectivity index (χ0v) is 17.2. The Morgan fingerprint density at radius 2 is 1.54 bits per heavy atom. The number of nitrogens with one attached hydrogen (secondary N) is 1. The predicted octanol–water partition coefficient (Wildman–Crippen LogP) is 3.62. The first kappa shape index (κ1) is 19.9. The lowest BCUT2D eigenvalue weighted by Crippen LogP contribution is -2.54. The second-order valence-corrected chi connectivity index (χ2v) is 7.99. The summed E-state index contributed by atoms with van der Waals surface area (Å²) in [5.41, 5.74) is 3.06. The van der Waals surface area contributed by atoms with Crippen LogP contribution in [-0.2, 0) is 9.59 Å². The largest absolute Gasteiger partial charge is 0.368 e. The van der Waals surface area contributed by atoms with Gasteiger partial charge in [0.2, 0.25) is 11.8 Å². The highest BCUT2D eigenvalue weighted by atomic mass is 16.2. The lowest BCUT2D eigenvalue weighted by atomic mass is 9.89. The minimum absolute atomic E-state index is 0.124. The van der Waals surface area contributed by atoms with Crippen molar-refractivity contribution in [2.24, 2.45) is 5.41 Å². The summed E-state index contributed by atoms with van der Waals surface area (Å²) >= 11 is 0. The smallest absolute Gasteiger partial charge is 0.239 e. The molecule has 0 atom stereocenters. The SMILES string of the molecule is Cc1ccc(NC(=O)C(C)(C)C(=O)N2CCN(c3ccccc3)CC2)cc1C. The van der Waals surface area contributed by atoms with Crippen molar-refractivity contribution in [3.63, 3.8) is 0 Å². The molecule has 0 unspecified atom stereocenters. The summed E-state index contributed by atoms with van der Waals surface area (Å²) < 4.78 is 0. The molecule has 28 heavy (non-hydrogen) atoms. The van der Waals surface area contributed by atoms with Crippen molar-refractivity contribution in [2.45, 2.75) is 27.7 Å². The maximum Gasteiger partial charge on any atom is 0.239 e. The van der Waals surface area contributed by atoms with Gasteiger partial charge in [-0.3, -0.25) is 9.59 Å². The molecule has 1 aliphatic rings. The van der Waals surface area contributed by atoms with E-state index in [0.717, 1.165) is 24.3 Å². The lowest BCUT2D eigenvalue weighted by molar-refractivity contribution is -0.146. The maximum atomic E-state index is 13.1. The van der Waals surface area contributed by atoms with Crippen LogP contribution >= 0.6 is 0 Å². The van der Waals surface area contributed by atoms with Gasteiger partial charge in [-0.2, -0.15) is 0 Å². The molecule has 3 rings (SSSR count). The molecule has 0 saturated carbocycles. The lowest BCUT2D eigenvalue weighted by Gasteiger charge is -2.39. The standard InChI is InChI=1S/C23H29N3O2/c1-17-10-11-19(16-18(17)2)24-21(27)23(3,4)22(28)26-14-12-25(13-15-26)20-8-6-5-7-9-20/h5-11,16H,12-15H2,1-4H3,(H,24,27). The maximum absolute atomic E-state index is 13.1. The van der Waals surface area contributed by atoms with E-state index in [-0.39, 0.29) is 11.8 Å². The highest BCUT2D eigenvalue weighted by molar-refractivity contribution is 6.09. The third-order valence-corrected chi connectivity index (χ3v) is 5.56. The molecule has 5 heteroatoms. The van der Waals surface area contributed by atoms with Gasteiger partial charge in [0.15, 0.2) is 0 Å². The Morgan fingerprint density at radius 3 is 2.14 bits per heavy atom. The van der Waals surface area contributed by atoms with E-state index in [1.54, 1.807) is 18.7 Å². The van der Waals surface area contributed by atoms with E-state index in [1.165, 1.54) is 11.3 Å². The molecule has 0 aliphatic carbocycles. The molecule has 5 nitrogen and oxygen atoms in total. The summed E-state index contributed by atoms with van der Waals surface area (Å²) in [6, 6.07) is 16.0. The van der Waals surface area contributed by atoms with E-state index in [1.807, 2.05) is 50.2 Å². The van der Waals surface area contributed by atoms with Crippen LogP contribution in [0.3, 0.4) is 0 Å². The van der Waals surface area contributed by atoms with Gasteiger partial charge in [0.05, 0.1) is 0 Å². The molecule has 1 saturated heterocycles. The molecular weight excluding hydrogens is 350 g/mol. The van der Waals surface area contributed by atoms with Crippen molar-refractivity contribution >= 4 is 23.2 Å². The van der Waals surface area contributed by atoms with Gasteiger partial charge in [-0.1, -0.05) is 24.3 Å². The highest BCUT2D eigenvalue weighted by Crippen LogP contribution is 2.25. The van der Waals surface area contributed by atoms with E-state index in [4.69, 9.17) is 0 Å². The van der Waals surface area contributed by atoms with Gasteiger partial charge in [0.25, 0.3) is 0 Å². The van der Waals surface area contributed by atoms with E-state index < -0.39 is 5.41 Å². The summed E-state index contributed by atoms with van der Waals surface area (Å²) in [4.78, 5) is 30.0. The van der Waals surface area contributed by atoms with Crippen LogP contribution in [0, 0.1) is 19.3 Å². The zero-order valence-electron chi connectivity index (χ0n) is 17.2. The summed E-state index contributed by atoms with van der Waals surface area (Å²) in [5, 5.41) is 2.91. The number of piperazine rings is 1. The van der Waals surface area contributed by atoms with Crippen LogP contribution in [-0.4, -0.2) is 42.9 Å². The number of nitrogens with zero attached hydrogens (tertiary/aromatic N) is 2. The first-order valence-corrected chi connectivity index (χ1v) is 9.77. The number of hydrogen-bond acceptors (Lipinski definition) is 3. The fraction of sp³-hybridized carbons (Fsp3) is 0.391. The van der Waals surface area contributed by atoms with E-state index in [9.17, 15) is 9.59 Å². The van der Waals surface area contributed by atoms with Crippen LogP contribution in [0.4, 0.5) is 11.4 Å². The number of anilines is 2. The Labute approximate surface area is 167 Å². The minimum Gasteiger partial charge on any atom is -0.368 e. The third kappa shape index (κ3) is 4.19. The van der Waals surface area contributed by atoms with Gasteiger partial charge in [-0.25, -0.2) is 0 Å².